The maximum absolute atomic E-state index is 3.51. The largest absolute Gasteiger partial charge is 0.381 e. The molecule has 116 valence electrons. The van der Waals surface area contributed by atoms with Crippen LogP contribution < -0.4 is 5.32 Å². The van der Waals surface area contributed by atoms with Gasteiger partial charge in [0.2, 0.25) is 0 Å². The van der Waals surface area contributed by atoms with Crippen LogP contribution in [0.25, 0.3) is 0 Å². The topological polar surface area (TPSA) is 15.3 Å². The highest BCUT2D eigenvalue weighted by atomic mass is 15.1. The first-order valence-electron chi connectivity index (χ1n) is 8.40. The number of likely N-dealkylation sites (tertiary alicyclic amines) is 1. The Morgan fingerprint density at radius 1 is 0.909 bits per heavy atom. The number of aryl methyl sites for hydroxylation is 1. The van der Waals surface area contributed by atoms with Crippen LogP contribution in [0.3, 0.4) is 0 Å². The number of rotatable bonds is 5. The molecule has 0 amide bonds. The van der Waals surface area contributed by atoms with Crippen LogP contribution in [0.15, 0.2) is 48.5 Å². The minimum absolute atomic E-state index is 0.882. The lowest BCUT2D eigenvalue weighted by Crippen LogP contribution is -2.29. The Balaban J connectivity index is 1.52. The molecule has 0 atom stereocenters. The summed E-state index contributed by atoms with van der Waals surface area (Å²) in [4.78, 5) is 2.57. The van der Waals surface area contributed by atoms with E-state index in [1.807, 2.05) is 0 Å². The van der Waals surface area contributed by atoms with Crippen LogP contribution in [0.1, 0.15) is 36.0 Å². The van der Waals surface area contributed by atoms with Crippen LogP contribution in [0, 0.1) is 6.92 Å². The average molecular weight is 294 g/mol. The lowest BCUT2D eigenvalue weighted by molar-refractivity contribution is 0.221. The van der Waals surface area contributed by atoms with E-state index in [4.69, 9.17) is 0 Å². The second-order valence-corrected chi connectivity index (χ2v) is 6.38. The summed E-state index contributed by atoms with van der Waals surface area (Å²) >= 11 is 0. The highest BCUT2D eigenvalue weighted by Crippen LogP contribution is 2.16. The Morgan fingerprint density at radius 3 is 2.41 bits per heavy atom. The lowest BCUT2D eigenvalue weighted by Gasteiger charge is -2.26. The smallest absolute Gasteiger partial charge is 0.0400 e. The number of benzene rings is 2. The third-order valence-electron chi connectivity index (χ3n) is 4.39. The van der Waals surface area contributed by atoms with Crippen molar-refractivity contribution in [2.45, 2.75) is 39.3 Å². The predicted molar refractivity (Wildman–Crippen MR) is 94.1 cm³/mol. The molecule has 0 bridgehead atoms. The summed E-state index contributed by atoms with van der Waals surface area (Å²) in [6.45, 7) is 6.63. The van der Waals surface area contributed by atoms with Gasteiger partial charge in [0.1, 0.15) is 0 Å². The fourth-order valence-corrected chi connectivity index (χ4v) is 3.13. The third kappa shape index (κ3) is 4.35. The van der Waals surface area contributed by atoms with Gasteiger partial charge < -0.3 is 5.32 Å². The fraction of sp³-hybridized carbons (Fsp3) is 0.400. The number of nitrogens with zero attached hydrogens (tertiary/aromatic N) is 1. The molecule has 22 heavy (non-hydrogen) atoms. The lowest BCUT2D eigenvalue weighted by atomic mass is 10.1. The molecule has 1 aliphatic rings. The van der Waals surface area contributed by atoms with Crippen molar-refractivity contribution in [3.8, 4) is 0 Å². The molecule has 2 heteroatoms. The Bertz CT molecular complexity index is 583. The monoisotopic (exact) mass is 294 g/mol. The van der Waals surface area contributed by atoms with E-state index >= 15 is 0 Å². The highest BCUT2D eigenvalue weighted by molar-refractivity contribution is 5.45. The second-order valence-electron chi connectivity index (χ2n) is 6.38. The van der Waals surface area contributed by atoms with E-state index in [2.05, 4.69) is 65.7 Å². The van der Waals surface area contributed by atoms with Crippen molar-refractivity contribution in [2.75, 3.05) is 18.4 Å². The summed E-state index contributed by atoms with van der Waals surface area (Å²) in [7, 11) is 0. The molecule has 1 saturated heterocycles. The maximum atomic E-state index is 3.51. The first kappa shape index (κ1) is 15.1. The van der Waals surface area contributed by atoms with E-state index in [9.17, 15) is 0 Å². The SMILES string of the molecule is Cc1cccc(CNc2ccc(CN3CCCCC3)cc2)c1. The molecule has 0 radical (unpaired) electrons. The van der Waals surface area contributed by atoms with Gasteiger partial charge in [0.25, 0.3) is 0 Å². The molecule has 1 N–H and O–H groups in total. The van der Waals surface area contributed by atoms with Gasteiger partial charge in [-0.15, -0.1) is 0 Å². The minimum Gasteiger partial charge on any atom is -0.381 e. The Kier molecular flexibility index (Phi) is 5.12. The average Bonchev–Trinajstić information content (AvgIpc) is 2.55. The van der Waals surface area contributed by atoms with Crippen molar-refractivity contribution in [2.24, 2.45) is 0 Å². The second kappa shape index (κ2) is 7.46. The van der Waals surface area contributed by atoms with Gasteiger partial charge in [-0.1, -0.05) is 48.4 Å². The number of hydrogen-bond acceptors (Lipinski definition) is 2. The number of hydrogen-bond donors (Lipinski definition) is 1. The maximum Gasteiger partial charge on any atom is 0.0400 e. The number of nitrogens with one attached hydrogen (secondary N) is 1. The van der Waals surface area contributed by atoms with Gasteiger partial charge in [0, 0.05) is 18.8 Å². The molecule has 0 aromatic heterocycles. The van der Waals surface area contributed by atoms with Crippen molar-refractivity contribution >= 4 is 5.69 Å². The first-order chi connectivity index (χ1) is 10.8. The molecule has 3 rings (SSSR count). The summed E-state index contributed by atoms with van der Waals surface area (Å²) < 4.78 is 0. The standard InChI is InChI=1S/C20H26N2/c1-17-6-5-7-19(14-17)15-21-20-10-8-18(9-11-20)16-22-12-3-2-4-13-22/h5-11,14,21H,2-4,12-13,15-16H2,1H3. The summed E-state index contributed by atoms with van der Waals surface area (Å²) in [6.07, 6.45) is 4.12. The van der Waals surface area contributed by atoms with Crippen molar-refractivity contribution in [1.29, 1.82) is 0 Å². The Hall–Kier alpha value is -1.80. The predicted octanol–water partition coefficient (Wildman–Crippen LogP) is 4.59. The summed E-state index contributed by atoms with van der Waals surface area (Å²) in [6, 6.07) is 17.6. The Morgan fingerprint density at radius 2 is 1.68 bits per heavy atom. The first-order valence-corrected chi connectivity index (χ1v) is 8.40. The van der Waals surface area contributed by atoms with Crippen molar-refractivity contribution < 1.29 is 0 Å². The third-order valence-corrected chi connectivity index (χ3v) is 4.39. The molecule has 0 unspecified atom stereocenters. The molecule has 0 spiro atoms. The zero-order valence-corrected chi connectivity index (χ0v) is 13.5. The van der Waals surface area contributed by atoms with Gasteiger partial charge in [-0.2, -0.15) is 0 Å². The highest BCUT2D eigenvalue weighted by Gasteiger charge is 2.10. The summed E-state index contributed by atoms with van der Waals surface area (Å²) in [5.74, 6) is 0. The normalized spacial score (nSPS) is 15.7. The van der Waals surface area contributed by atoms with Gasteiger partial charge >= 0.3 is 0 Å². The molecular formula is C20H26N2. The molecule has 1 fully saturated rings. The molecule has 0 saturated carbocycles. The summed E-state index contributed by atoms with van der Waals surface area (Å²) in [5, 5.41) is 3.51. The fourth-order valence-electron chi connectivity index (χ4n) is 3.13. The van der Waals surface area contributed by atoms with E-state index in [0.29, 0.717) is 0 Å². The zero-order chi connectivity index (χ0) is 15.2. The van der Waals surface area contributed by atoms with Crippen LogP contribution in [0.4, 0.5) is 5.69 Å². The van der Waals surface area contributed by atoms with Crippen molar-refractivity contribution in [3.63, 3.8) is 0 Å². The zero-order valence-electron chi connectivity index (χ0n) is 13.5. The van der Waals surface area contributed by atoms with E-state index in [1.165, 1.54) is 54.7 Å². The number of piperidine rings is 1. The van der Waals surface area contributed by atoms with E-state index in [-0.39, 0.29) is 0 Å². The molecule has 2 nitrogen and oxygen atoms in total. The summed E-state index contributed by atoms with van der Waals surface area (Å²) in [5.41, 5.74) is 5.26. The van der Waals surface area contributed by atoms with Crippen LogP contribution in [0.2, 0.25) is 0 Å². The molecule has 2 aromatic rings. The van der Waals surface area contributed by atoms with Gasteiger partial charge in [-0.05, 0) is 56.1 Å². The van der Waals surface area contributed by atoms with E-state index in [1.54, 1.807) is 0 Å². The quantitative estimate of drug-likeness (QED) is 0.867. The Labute approximate surface area is 134 Å². The molecule has 1 aliphatic heterocycles. The molecule has 2 aromatic carbocycles. The van der Waals surface area contributed by atoms with E-state index < -0.39 is 0 Å². The minimum atomic E-state index is 0.882. The van der Waals surface area contributed by atoms with Crippen LogP contribution in [0.5, 0.6) is 0 Å². The molecule has 1 heterocycles. The van der Waals surface area contributed by atoms with Crippen molar-refractivity contribution in [1.82, 2.24) is 4.90 Å². The van der Waals surface area contributed by atoms with Gasteiger partial charge in [-0.3, -0.25) is 4.90 Å². The van der Waals surface area contributed by atoms with Crippen molar-refractivity contribution in [3.05, 3.63) is 65.2 Å². The van der Waals surface area contributed by atoms with Gasteiger partial charge in [-0.25, -0.2) is 0 Å². The van der Waals surface area contributed by atoms with E-state index in [0.717, 1.165) is 13.1 Å². The molecule has 0 aliphatic carbocycles. The molecular weight excluding hydrogens is 268 g/mol. The van der Waals surface area contributed by atoms with Gasteiger partial charge in [0.15, 0.2) is 0 Å². The number of anilines is 1. The van der Waals surface area contributed by atoms with Gasteiger partial charge in [0.05, 0.1) is 0 Å². The van der Waals surface area contributed by atoms with Crippen LogP contribution in [-0.2, 0) is 13.1 Å². The van der Waals surface area contributed by atoms with Crippen LogP contribution >= 0.6 is 0 Å². The van der Waals surface area contributed by atoms with Crippen LogP contribution in [-0.4, -0.2) is 18.0 Å².